The highest BCUT2D eigenvalue weighted by Crippen LogP contribution is 2.35. The Balaban J connectivity index is 1.53. The van der Waals surface area contributed by atoms with Gasteiger partial charge in [0.25, 0.3) is 0 Å². The molecule has 28 heavy (non-hydrogen) atoms. The summed E-state index contributed by atoms with van der Waals surface area (Å²) in [6.45, 7) is 1.48. The molecule has 0 bridgehead atoms. The van der Waals surface area contributed by atoms with Gasteiger partial charge in [0, 0.05) is 12.5 Å². The predicted octanol–water partition coefficient (Wildman–Crippen LogP) is 2.20. The maximum Gasteiger partial charge on any atom is 0.303 e. The summed E-state index contributed by atoms with van der Waals surface area (Å²) in [5, 5.41) is 10.9. The van der Waals surface area contributed by atoms with Crippen LogP contribution in [0.25, 0.3) is 0 Å². The lowest BCUT2D eigenvalue weighted by atomic mass is 9.97. The van der Waals surface area contributed by atoms with Gasteiger partial charge in [0.1, 0.15) is 24.1 Å². The fourth-order valence-electron chi connectivity index (χ4n) is 3.39. The first-order valence-corrected chi connectivity index (χ1v) is 9.16. The van der Waals surface area contributed by atoms with Crippen molar-refractivity contribution in [3.8, 4) is 5.75 Å². The predicted molar refractivity (Wildman–Crippen MR) is 97.3 cm³/mol. The van der Waals surface area contributed by atoms with Gasteiger partial charge < -0.3 is 28.8 Å². The zero-order chi connectivity index (χ0) is 19.5. The van der Waals surface area contributed by atoms with E-state index < -0.39 is 43.0 Å². The summed E-state index contributed by atoms with van der Waals surface area (Å²) in [5.74, 6) is -0.00505. The van der Waals surface area contributed by atoms with Crippen LogP contribution in [0.15, 0.2) is 60.7 Å². The minimum atomic E-state index is -1.13. The van der Waals surface area contributed by atoms with Gasteiger partial charge in [-0.25, -0.2) is 0 Å². The van der Waals surface area contributed by atoms with Gasteiger partial charge in [-0.1, -0.05) is 48.5 Å². The average Bonchev–Trinajstić information content (AvgIpc) is 2.72. The smallest absolute Gasteiger partial charge is 0.303 e. The first-order chi connectivity index (χ1) is 13.6. The van der Waals surface area contributed by atoms with Crippen LogP contribution in [0, 0.1) is 0 Å². The molecule has 0 spiro atoms. The van der Waals surface area contributed by atoms with E-state index in [9.17, 15) is 9.90 Å². The molecule has 0 amide bonds. The molecule has 2 aromatic carbocycles. The first-order valence-electron chi connectivity index (χ1n) is 9.16. The maximum atomic E-state index is 11.6. The van der Waals surface area contributed by atoms with Gasteiger partial charge in [0.15, 0.2) is 12.4 Å². The van der Waals surface area contributed by atoms with E-state index in [-0.39, 0.29) is 6.61 Å². The van der Waals surface area contributed by atoms with Crippen molar-refractivity contribution in [2.75, 3.05) is 6.61 Å². The molecule has 2 fully saturated rings. The lowest BCUT2D eigenvalue weighted by Crippen LogP contribution is -2.63. The van der Waals surface area contributed by atoms with E-state index in [1.807, 2.05) is 48.5 Å². The van der Waals surface area contributed by atoms with Gasteiger partial charge in [-0.3, -0.25) is 4.79 Å². The zero-order valence-corrected chi connectivity index (χ0v) is 15.3. The molecule has 0 unspecified atom stereocenters. The summed E-state index contributed by atoms with van der Waals surface area (Å²) in [7, 11) is 0. The summed E-state index contributed by atoms with van der Waals surface area (Å²) < 4.78 is 28.8. The number of carbonyl (C=O) groups is 1. The van der Waals surface area contributed by atoms with Crippen molar-refractivity contribution in [3.63, 3.8) is 0 Å². The molecule has 2 saturated heterocycles. The van der Waals surface area contributed by atoms with E-state index in [0.29, 0.717) is 5.75 Å². The highest BCUT2D eigenvalue weighted by Gasteiger charge is 2.52. The fourth-order valence-corrected chi connectivity index (χ4v) is 3.39. The fraction of sp³-hybridized carbons (Fsp3) is 0.381. The number of para-hydroxylation sites is 1. The first kappa shape index (κ1) is 18.9. The van der Waals surface area contributed by atoms with Crippen molar-refractivity contribution in [2.24, 2.45) is 0 Å². The Hall–Kier alpha value is -2.45. The molecule has 0 radical (unpaired) electrons. The Morgan fingerprint density at radius 1 is 1.04 bits per heavy atom. The summed E-state index contributed by atoms with van der Waals surface area (Å²) >= 11 is 0. The summed E-state index contributed by atoms with van der Waals surface area (Å²) in [4.78, 5) is 11.6. The van der Waals surface area contributed by atoms with Gasteiger partial charge in [-0.15, -0.1) is 0 Å². The van der Waals surface area contributed by atoms with Crippen LogP contribution < -0.4 is 4.74 Å². The number of carbonyl (C=O) groups excluding carboxylic acids is 1. The minimum absolute atomic E-state index is 0.211. The molecule has 0 saturated carbocycles. The lowest BCUT2D eigenvalue weighted by Gasteiger charge is -2.46. The number of fused-ring (bicyclic) bond motifs is 1. The number of benzene rings is 2. The van der Waals surface area contributed by atoms with E-state index >= 15 is 0 Å². The number of esters is 1. The lowest BCUT2D eigenvalue weighted by molar-refractivity contribution is -0.350. The Morgan fingerprint density at radius 2 is 1.71 bits per heavy atom. The number of rotatable bonds is 4. The molecule has 0 aliphatic carbocycles. The molecule has 2 aliphatic heterocycles. The Morgan fingerprint density at radius 3 is 2.39 bits per heavy atom. The normalized spacial score (nSPS) is 32.2. The van der Waals surface area contributed by atoms with Crippen molar-refractivity contribution in [2.45, 2.75) is 43.9 Å². The van der Waals surface area contributed by atoms with Crippen LogP contribution in [0.1, 0.15) is 18.8 Å². The Labute approximate surface area is 162 Å². The van der Waals surface area contributed by atoms with Gasteiger partial charge >= 0.3 is 5.97 Å². The van der Waals surface area contributed by atoms with Crippen LogP contribution >= 0.6 is 0 Å². The highest BCUT2D eigenvalue weighted by molar-refractivity contribution is 5.66. The van der Waals surface area contributed by atoms with Gasteiger partial charge in [0.05, 0.1) is 6.61 Å². The van der Waals surface area contributed by atoms with Crippen molar-refractivity contribution in [1.29, 1.82) is 0 Å². The zero-order valence-electron chi connectivity index (χ0n) is 15.3. The third-order valence-corrected chi connectivity index (χ3v) is 4.68. The van der Waals surface area contributed by atoms with Crippen molar-refractivity contribution < 1.29 is 33.6 Å². The molecular formula is C21H22O7. The van der Waals surface area contributed by atoms with Crippen molar-refractivity contribution in [1.82, 2.24) is 0 Å². The van der Waals surface area contributed by atoms with Gasteiger partial charge in [-0.05, 0) is 12.1 Å². The van der Waals surface area contributed by atoms with E-state index in [0.717, 1.165) is 5.56 Å². The molecule has 2 heterocycles. The summed E-state index contributed by atoms with van der Waals surface area (Å²) in [6, 6.07) is 18.4. The monoisotopic (exact) mass is 386 g/mol. The standard InChI is InChI=1S/C21H22O7/c1-13(22)25-19-17(23)18-16(27-21(19)26-15-10-6-3-7-11-15)12-24-20(28-18)14-8-4-2-5-9-14/h2-11,16-21,23H,12H2,1H3/t16-,17+,18-,19-,20-,21-/m1/s1. The van der Waals surface area contributed by atoms with Crippen LogP contribution in [0.2, 0.25) is 0 Å². The van der Waals surface area contributed by atoms with E-state index in [1.165, 1.54) is 6.92 Å². The van der Waals surface area contributed by atoms with Crippen LogP contribution in [0.5, 0.6) is 5.75 Å². The molecule has 148 valence electrons. The topological polar surface area (TPSA) is 83.5 Å². The molecule has 6 atom stereocenters. The van der Waals surface area contributed by atoms with Gasteiger partial charge in [-0.2, -0.15) is 0 Å². The molecule has 2 aromatic rings. The molecule has 7 heteroatoms. The number of aliphatic hydroxyl groups excluding tert-OH is 1. The van der Waals surface area contributed by atoms with Gasteiger partial charge in [0.2, 0.25) is 6.29 Å². The molecule has 4 rings (SSSR count). The van der Waals surface area contributed by atoms with E-state index in [4.69, 9.17) is 23.7 Å². The Kier molecular flexibility index (Phi) is 5.59. The number of ether oxygens (including phenoxy) is 5. The van der Waals surface area contributed by atoms with Crippen LogP contribution in [-0.2, 0) is 23.7 Å². The minimum Gasteiger partial charge on any atom is -0.461 e. The maximum absolute atomic E-state index is 11.6. The SMILES string of the molecule is CC(=O)O[C@H]1[C@H](Oc2ccccc2)O[C@@H]2CO[C@@H](c3ccccc3)O[C@H]2[C@@H]1O. The Bertz CT molecular complexity index is 782. The van der Waals surface area contributed by atoms with Crippen molar-refractivity contribution in [3.05, 3.63) is 66.2 Å². The second kappa shape index (κ2) is 8.28. The van der Waals surface area contributed by atoms with Crippen LogP contribution in [0.4, 0.5) is 0 Å². The molecule has 2 aliphatic rings. The van der Waals surface area contributed by atoms with Crippen LogP contribution in [-0.4, -0.2) is 48.4 Å². The second-order valence-electron chi connectivity index (χ2n) is 6.72. The molecule has 0 aromatic heterocycles. The van der Waals surface area contributed by atoms with E-state index in [1.54, 1.807) is 12.1 Å². The molecular weight excluding hydrogens is 364 g/mol. The average molecular weight is 386 g/mol. The highest BCUT2D eigenvalue weighted by atomic mass is 16.8. The summed E-state index contributed by atoms with van der Waals surface area (Å²) in [5.41, 5.74) is 0.833. The number of hydrogen-bond acceptors (Lipinski definition) is 7. The molecule has 7 nitrogen and oxygen atoms in total. The van der Waals surface area contributed by atoms with Crippen LogP contribution in [0.3, 0.4) is 0 Å². The van der Waals surface area contributed by atoms with E-state index in [2.05, 4.69) is 0 Å². The molecule has 1 N–H and O–H groups in total. The number of hydrogen-bond donors (Lipinski definition) is 1. The third-order valence-electron chi connectivity index (χ3n) is 4.68. The third kappa shape index (κ3) is 4.02. The summed E-state index contributed by atoms with van der Waals surface area (Å²) in [6.07, 6.45) is -5.07. The van der Waals surface area contributed by atoms with Crippen molar-refractivity contribution >= 4 is 5.97 Å². The number of aliphatic hydroxyl groups is 1. The second-order valence-corrected chi connectivity index (χ2v) is 6.72. The quantitative estimate of drug-likeness (QED) is 0.807. The largest absolute Gasteiger partial charge is 0.461 e.